The molecule has 1 aliphatic carbocycles. The molecule has 1 aliphatic rings. The smallest absolute Gasteiger partial charge is 0.136 e. The molecule has 0 N–H and O–H groups in total. The first kappa shape index (κ1) is 14.0. The third kappa shape index (κ3) is 2.96. The van der Waals surface area contributed by atoms with E-state index in [0.29, 0.717) is 11.7 Å². The summed E-state index contributed by atoms with van der Waals surface area (Å²) in [5.41, 5.74) is 3.13. The second-order valence-electron chi connectivity index (χ2n) is 5.79. The van der Waals surface area contributed by atoms with Gasteiger partial charge < -0.3 is 4.74 Å². The van der Waals surface area contributed by atoms with Crippen molar-refractivity contribution in [2.24, 2.45) is 11.8 Å². The number of ketones is 1. The van der Waals surface area contributed by atoms with Crippen molar-refractivity contribution in [2.45, 2.75) is 46.5 Å². The van der Waals surface area contributed by atoms with Gasteiger partial charge in [-0.1, -0.05) is 6.92 Å². The highest BCUT2D eigenvalue weighted by molar-refractivity contribution is 5.82. The lowest BCUT2D eigenvalue weighted by atomic mass is 9.79. The van der Waals surface area contributed by atoms with Gasteiger partial charge in [0.15, 0.2) is 0 Å². The number of carbonyl (C=O) groups is 1. The summed E-state index contributed by atoms with van der Waals surface area (Å²) in [4.78, 5) is 16.5. The molecule has 1 aromatic rings. The predicted molar refractivity (Wildman–Crippen MR) is 75.5 cm³/mol. The molecule has 1 saturated carbocycles. The molecule has 0 aromatic carbocycles. The van der Waals surface area contributed by atoms with Gasteiger partial charge in [0.2, 0.25) is 0 Å². The molecule has 0 amide bonds. The lowest BCUT2D eigenvalue weighted by Gasteiger charge is -2.26. The van der Waals surface area contributed by atoms with Crippen molar-refractivity contribution in [1.82, 2.24) is 4.98 Å². The van der Waals surface area contributed by atoms with E-state index in [0.717, 1.165) is 48.3 Å². The van der Waals surface area contributed by atoms with Gasteiger partial charge in [-0.25, -0.2) is 0 Å². The fourth-order valence-electron chi connectivity index (χ4n) is 3.04. The Balaban J connectivity index is 2.21. The van der Waals surface area contributed by atoms with Crippen molar-refractivity contribution in [3.05, 3.63) is 23.0 Å². The average molecular weight is 261 g/mol. The number of hydrogen-bond donors (Lipinski definition) is 0. The third-order valence-corrected chi connectivity index (χ3v) is 4.22. The molecule has 1 fully saturated rings. The number of hydrogen-bond acceptors (Lipinski definition) is 3. The fraction of sp³-hybridized carbons (Fsp3) is 0.625. The van der Waals surface area contributed by atoms with Crippen LogP contribution in [0.2, 0.25) is 0 Å². The average Bonchev–Trinajstić information content (AvgIpc) is 2.38. The molecule has 3 heteroatoms. The summed E-state index contributed by atoms with van der Waals surface area (Å²) in [7, 11) is 1.69. The summed E-state index contributed by atoms with van der Waals surface area (Å²) in [5.74, 6) is 2.10. The van der Waals surface area contributed by atoms with Gasteiger partial charge in [-0.15, -0.1) is 0 Å². The van der Waals surface area contributed by atoms with E-state index < -0.39 is 0 Å². The van der Waals surface area contributed by atoms with Crippen LogP contribution in [0.15, 0.2) is 6.20 Å². The molecular weight excluding hydrogens is 238 g/mol. The summed E-state index contributed by atoms with van der Waals surface area (Å²) in [6.45, 7) is 6.26. The number of aryl methyl sites for hydroxylation is 1. The molecule has 19 heavy (non-hydrogen) atoms. The summed E-state index contributed by atoms with van der Waals surface area (Å²) in [6, 6.07) is 0. The van der Waals surface area contributed by atoms with Gasteiger partial charge in [0.05, 0.1) is 7.11 Å². The van der Waals surface area contributed by atoms with Gasteiger partial charge in [0.25, 0.3) is 0 Å². The molecule has 1 heterocycles. The molecule has 2 rings (SSSR count). The Morgan fingerprint density at radius 2 is 2.16 bits per heavy atom. The SMILES string of the molecule is COc1c(C)cnc(CC2CC(C)CCC2=O)c1C. The van der Waals surface area contributed by atoms with E-state index in [1.54, 1.807) is 7.11 Å². The molecule has 0 bridgehead atoms. The quantitative estimate of drug-likeness (QED) is 0.838. The van der Waals surface area contributed by atoms with E-state index >= 15 is 0 Å². The number of rotatable bonds is 3. The Morgan fingerprint density at radius 1 is 1.42 bits per heavy atom. The minimum Gasteiger partial charge on any atom is -0.496 e. The molecule has 0 radical (unpaired) electrons. The van der Waals surface area contributed by atoms with Crippen molar-refractivity contribution in [1.29, 1.82) is 0 Å². The Bertz CT molecular complexity index is 482. The molecule has 104 valence electrons. The lowest BCUT2D eigenvalue weighted by Crippen LogP contribution is -2.26. The van der Waals surface area contributed by atoms with Gasteiger partial charge in [-0.3, -0.25) is 9.78 Å². The lowest BCUT2D eigenvalue weighted by molar-refractivity contribution is -0.125. The van der Waals surface area contributed by atoms with E-state index in [1.165, 1.54) is 0 Å². The number of ether oxygens (including phenoxy) is 1. The Labute approximate surface area is 115 Å². The monoisotopic (exact) mass is 261 g/mol. The Kier molecular flexibility index (Phi) is 4.23. The molecule has 2 atom stereocenters. The van der Waals surface area contributed by atoms with Gasteiger partial charge in [-0.2, -0.15) is 0 Å². The van der Waals surface area contributed by atoms with Gasteiger partial charge in [-0.05, 0) is 39.0 Å². The topological polar surface area (TPSA) is 39.2 Å². The zero-order valence-corrected chi connectivity index (χ0v) is 12.3. The molecule has 3 nitrogen and oxygen atoms in total. The van der Waals surface area contributed by atoms with Gasteiger partial charge >= 0.3 is 0 Å². The summed E-state index contributed by atoms with van der Waals surface area (Å²) >= 11 is 0. The van der Waals surface area contributed by atoms with Crippen molar-refractivity contribution in [2.75, 3.05) is 7.11 Å². The highest BCUT2D eigenvalue weighted by Gasteiger charge is 2.27. The maximum Gasteiger partial charge on any atom is 0.136 e. The Morgan fingerprint density at radius 3 is 2.84 bits per heavy atom. The van der Waals surface area contributed by atoms with Crippen LogP contribution in [0.4, 0.5) is 0 Å². The highest BCUT2D eigenvalue weighted by Crippen LogP contribution is 2.31. The normalized spacial score (nSPS) is 23.5. The van der Waals surface area contributed by atoms with Crippen LogP contribution in [0, 0.1) is 25.7 Å². The molecule has 2 unspecified atom stereocenters. The van der Waals surface area contributed by atoms with E-state index in [9.17, 15) is 4.79 Å². The second kappa shape index (κ2) is 5.72. The zero-order chi connectivity index (χ0) is 14.0. The number of carbonyl (C=O) groups excluding carboxylic acids is 1. The van der Waals surface area contributed by atoms with Crippen molar-refractivity contribution >= 4 is 5.78 Å². The van der Waals surface area contributed by atoms with Crippen molar-refractivity contribution in [3.63, 3.8) is 0 Å². The maximum absolute atomic E-state index is 12.0. The first-order chi connectivity index (χ1) is 9.02. The zero-order valence-electron chi connectivity index (χ0n) is 12.3. The molecule has 0 saturated heterocycles. The van der Waals surface area contributed by atoms with Crippen LogP contribution in [0.1, 0.15) is 43.0 Å². The van der Waals surface area contributed by atoms with Crippen molar-refractivity contribution < 1.29 is 9.53 Å². The summed E-state index contributed by atoms with van der Waals surface area (Å²) in [6.07, 6.45) is 5.37. The number of methoxy groups -OCH3 is 1. The standard InChI is InChI=1S/C16H23NO2/c1-10-5-6-15(18)13(7-10)8-14-12(3)16(19-4)11(2)9-17-14/h9-10,13H,5-8H2,1-4H3. The van der Waals surface area contributed by atoms with Crippen LogP contribution in [0.3, 0.4) is 0 Å². The van der Waals surface area contributed by atoms with E-state index in [1.807, 2.05) is 20.0 Å². The minimum absolute atomic E-state index is 0.141. The van der Waals surface area contributed by atoms with Crippen LogP contribution in [0.5, 0.6) is 5.75 Å². The molecule has 0 spiro atoms. The number of Topliss-reactive ketones (excluding diaryl/α,β-unsaturated/α-hetero) is 1. The maximum atomic E-state index is 12.0. The third-order valence-electron chi connectivity index (χ3n) is 4.22. The number of aromatic nitrogens is 1. The fourth-order valence-corrected chi connectivity index (χ4v) is 3.04. The van der Waals surface area contributed by atoms with Crippen LogP contribution >= 0.6 is 0 Å². The highest BCUT2D eigenvalue weighted by atomic mass is 16.5. The van der Waals surface area contributed by atoms with Gasteiger partial charge in [0.1, 0.15) is 11.5 Å². The summed E-state index contributed by atoms with van der Waals surface area (Å²) < 4.78 is 5.43. The number of nitrogens with zero attached hydrogens (tertiary/aromatic N) is 1. The van der Waals surface area contributed by atoms with Gasteiger partial charge in [0, 0.05) is 35.4 Å². The van der Waals surface area contributed by atoms with E-state index in [4.69, 9.17) is 4.74 Å². The van der Waals surface area contributed by atoms with Crippen LogP contribution in [-0.4, -0.2) is 17.9 Å². The molecular formula is C16H23NO2. The van der Waals surface area contributed by atoms with Crippen LogP contribution in [-0.2, 0) is 11.2 Å². The van der Waals surface area contributed by atoms with E-state index in [2.05, 4.69) is 11.9 Å². The first-order valence-electron chi connectivity index (χ1n) is 7.04. The summed E-state index contributed by atoms with van der Waals surface area (Å²) in [5, 5.41) is 0. The van der Waals surface area contributed by atoms with Crippen molar-refractivity contribution in [3.8, 4) is 5.75 Å². The molecule has 1 aromatic heterocycles. The minimum atomic E-state index is 0.141. The van der Waals surface area contributed by atoms with E-state index in [-0.39, 0.29) is 5.92 Å². The molecule has 0 aliphatic heterocycles. The predicted octanol–water partition coefficient (Wildman–Crippen LogP) is 3.25. The largest absolute Gasteiger partial charge is 0.496 e. The van der Waals surface area contributed by atoms with Crippen LogP contribution in [0.25, 0.3) is 0 Å². The number of pyridine rings is 1. The van der Waals surface area contributed by atoms with Crippen LogP contribution < -0.4 is 4.74 Å². The first-order valence-corrected chi connectivity index (χ1v) is 7.04. The second-order valence-corrected chi connectivity index (χ2v) is 5.79. The Hall–Kier alpha value is -1.38.